The molecular weight excluding hydrogens is 307 g/mol. The van der Waals surface area contributed by atoms with Crippen LogP contribution in [0.3, 0.4) is 0 Å². The smallest absolute Gasteiger partial charge is 0.228 e. The van der Waals surface area contributed by atoms with Crippen LogP contribution in [0, 0.1) is 5.92 Å². The Balaban J connectivity index is 2.08. The summed E-state index contributed by atoms with van der Waals surface area (Å²) < 4.78 is 0. The van der Waals surface area contributed by atoms with Crippen LogP contribution in [0.1, 0.15) is 12.8 Å². The number of carbonyl (C=O) groups excluding carboxylic acids is 1. The van der Waals surface area contributed by atoms with Crippen molar-refractivity contribution in [2.24, 2.45) is 5.92 Å². The summed E-state index contributed by atoms with van der Waals surface area (Å²) in [5.41, 5.74) is 0.509. The second-order valence-corrected chi connectivity index (χ2v) is 6.06. The third kappa shape index (κ3) is 3.76. The van der Waals surface area contributed by atoms with Crippen LogP contribution in [0.2, 0.25) is 15.1 Å². The van der Waals surface area contributed by atoms with Crippen molar-refractivity contribution in [3.05, 3.63) is 27.2 Å². The number of hydrogen-bond donors (Lipinski definition) is 1. The van der Waals surface area contributed by atoms with Crippen molar-refractivity contribution < 1.29 is 4.79 Å². The zero-order valence-corrected chi connectivity index (χ0v) is 12.8. The van der Waals surface area contributed by atoms with E-state index >= 15 is 0 Å². The molecule has 0 radical (unpaired) electrons. The van der Waals surface area contributed by atoms with E-state index in [1.807, 2.05) is 7.05 Å². The molecule has 0 aromatic heterocycles. The van der Waals surface area contributed by atoms with E-state index in [0.29, 0.717) is 20.8 Å². The van der Waals surface area contributed by atoms with Crippen LogP contribution in [-0.4, -0.2) is 30.9 Å². The quantitative estimate of drug-likeness (QED) is 0.837. The topological polar surface area (TPSA) is 32.3 Å². The molecule has 1 heterocycles. The predicted molar refractivity (Wildman–Crippen MR) is 80.3 cm³/mol. The minimum absolute atomic E-state index is 0.00993. The van der Waals surface area contributed by atoms with Crippen LogP contribution in [0.15, 0.2) is 12.1 Å². The van der Waals surface area contributed by atoms with Gasteiger partial charge in [0.1, 0.15) is 0 Å². The lowest BCUT2D eigenvalue weighted by Gasteiger charge is -2.28. The molecule has 1 N–H and O–H groups in total. The highest BCUT2D eigenvalue weighted by Crippen LogP contribution is 2.32. The molecule has 1 atom stereocenters. The first-order chi connectivity index (χ1) is 8.97. The van der Waals surface area contributed by atoms with Crippen molar-refractivity contribution in [2.75, 3.05) is 25.5 Å². The first-order valence-corrected chi connectivity index (χ1v) is 7.24. The number of halogens is 3. The first-order valence-electron chi connectivity index (χ1n) is 6.11. The summed E-state index contributed by atoms with van der Waals surface area (Å²) in [7, 11) is 2.02. The van der Waals surface area contributed by atoms with Gasteiger partial charge in [-0.3, -0.25) is 4.79 Å². The van der Waals surface area contributed by atoms with Gasteiger partial charge in [-0.05, 0) is 38.6 Å². The fraction of sp³-hybridized carbons (Fsp3) is 0.462. The van der Waals surface area contributed by atoms with Gasteiger partial charge in [-0.1, -0.05) is 34.8 Å². The fourth-order valence-electron chi connectivity index (χ4n) is 2.23. The van der Waals surface area contributed by atoms with Gasteiger partial charge in [-0.2, -0.15) is 0 Å². The van der Waals surface area contributed by atoms with Gasteiger partial charge >= 0.3 is 0 Å². The Bertz CT molecular complexity index is 493. The molecule has 2 rings (SSSR count). The molecule has 1 saturated heterocycles. The number of carbonyl (C=O) groups is 1. The molecule has 1 aliphatic rings. The van der Waals surface area contributed by atoms with Crippen LogP contribution in [0.4, 0.5) is 5.69 Å². The Morgan fingerprint density at radius 3 is 2.63 bits per heavy atom. The Hall–Kier alpha value is -0.480. The third-order valence-corrected chi connectivity index (χ3v) is 4.30. The van der Waals surface area contributed by atoms with Crippen LogP contribution in [0.25, 0.3) is 0 Å². The van der Waals surface area contributed by atoms with E-state index < -0.39 is 0 Å². The average Bonchev–Trinajstić information content (AvgIpc) is 2.36. The second-order valence-electron chi connectivity index (χ2n) is 4.84. The maximum absolute atomic E-state index is 12.2. The average molecular weight is 322 g/mol. The number of anilines is 1. The summed E-state index contributed by atoms with van der Waals surface area (Å²) in [5, 5.41) is 3.98. The van der Waals surface area contributed by atoms with Crippen molar-refractivity contribution in [3.8, 4) is 0 Å². The van der Waals surface area contributed by atoms with E-state index in [9.17, 15) is 4.79 Å². The number of amides is 1. The van der Waals surface area contributed by atoms with Crippen molar-refractivity contribution >= 4 is 46.4 Å². The molecule has 0 bridgehead atoms. The summed E-state index contributed by atoms with van der Waals surface area (Å²) in [4.78, 5) is 14.3. The van der Waals surface area contributed by atoms with Crippen molar-refractivity contribution in [1.29, 1.82) is 0 Å². The van der Waals surface area contributed by atoms with E-state index in [1.54, 1.807) is 6.07 Å². The van der Waals surface area contributed by atoms with Crippen LogP contribution >= 0.6 is 34.8 Å². The van der Waals surface area contributed by atoms with Crippen molar-refractivity contribution in [2.45, 2.75) is 12.8 Å². The SMILES string of the molecule is CN1CCCC(C(=O)Nc2cc(Cl)c(Cl)cc2Cl)C1. The van der Waals surface area contributed by atoms with Crippen molar-refractivity contribution in [1.82, 2.24) is 4.90 Å². The standard InChI is InChI=1S/C13H15Cl3N2O/c1-18-4-2-3-8(7-18)13(19)17-12-6-10(15)9(14)5-11(12)16/h5-6,8H,2-4,7H2,1H3,(H,17,19). The number of nitrogens with one attached hydrogen (secondary N) is 1. The maximum atomic E-state index is 12.2. The molecule has 6 heteroatoms. The van der Waals surface area contributed by atoms with Gasteiger partial charge in [0.05, 0.1) is 26.7 Å². The number of rotatable bonds is 2. The van der Waals surface area contributed by atoms with Gasteiger partial charge in [0, 0.05) is 6.54 Å². The molecule has 0 spiro atoms. The van der Waals surface area contributed by atoms with E-state index in [4.69, 9.17) is 34.8 Å². The van der Waals surface area contributed by atoms with Gasteiger partial charge in [0.2, 0.25) is 5.91 Å². The normalized spacial score (nSPS) is 20.3. The van der Waals surface area contributed by atoms with E-state index in [0.717, 1.165) is 25.9 Å². The van der Waals surface area contributed by atoms with Gasteiger partial charge in [0.25, 0.3) is 0 Å². The third-order valence-electron chi connectivity index (χ3n) is 3.26. The van der Waals surface area contributed by atoms with E-state index in [1.165, 1.54) is 6.07 Å². The molecule has 1 aromatic rings. The largest absolute Gasteiger partial charge is 0.324 e. The number of benzene rings is 1. The summed E-state index contributed by atoms with van der Waals surface area (Å²) in [6.45, 7) is 1.81. The Morgan fingerprint density at radius 2 is 1.95 bits per heavy atom. The molecule has 104 valence electrons. The summed E-state index contributed by atoms with van der Waals surface area (Å²) in [6.07, 6.45) is 1.93. The summed E-state index contributed by atoms with van der Waals surface area (Å²) in [6, 6.07) is 3.12. The molecule has 0 aliphatic carbocycles. The molecule has 1 aromatic carbocycles. The fourth-order valence-corrected chi connectivity index (χ4v) is 2.83. The van der Waals surface area contributed by atoms with Crippen molar-refractivity contribution in [3.63, 3.8) is 0 Å². The zero-order valence-electron chi connectivity index (χ0n) is 10.5. The molecule has 1 aliphatic heterocycles. The number of piperidine rings is 1. The number of nitrogens with zero attached hydrogens (tertiary/aromatic N) is 1. The Labute approximate surface area is 127 Å². The molecule has 1 unspecified atom stereocenters. The van der Waals surface area contributed by atoms with E-state index in [-0.39, 0.29) is 11.8 Å². The summed E-state index contributed by atoms with van der Waals surface area (Å²) >= 11 is 17.8. The minimum atomic E-state index is -0.0214. The first kappa shape index (κ1) is 14.9. The maximum Gasteiger partial charge on any atom is 0.228 e. The second kappa shape index (κ2) is 6.31. The van der Waals surface area contributed by atoms with E-state index in [2.05, 4.69) is 10.2 Å². The lowest BCUT2D eigenvalue weighted by molar-refractivity contribution is -0.121. The highest BCUT2D eigenvalue weighted by atomic mass is 35.5. The molecule has 0 saturated carbocycles. The van der Waals surface area contributed by atoms with Gasteiger partial charge < -0.3 is 10.2 Å². The molecule has 1 amide bonds. The predicted octanol–water partition coefficient (Wildman–Crippen LogP) is 3.93. The molecular formula is C13H15Cl3N2O. The van der Waals surface area contributed by atoms with Gasteiger partial charge in [0.15, 0.2) is 0 Å². The Kier molecular flexibility index (Phi) is 4.96. The number of likely N-dealkylation sites (tertiary alicyclic amines) is 1. The summed E-state index contributed by atoms with van der Waals surface area (Å²) in [5.74, 6) is -0.0314. The van der Waals surface area contributed by atoms with Crippen LogP contribution in [0.5, 0.6) is 0 Å². The van der Waals surface area contributed by atoms with Crippen LogP contribution < -0.4 is 5.32 Å². The zero-order chi connectivity index (χ0) is 14.0. The van der Waals surface area contributed by atoms with Gasteiger partial charge in [-0.25, -0.2) is 0 Å². The highest BCUT2D eigenvalue weighted by Gasteiger charge is 2.24. The Morgan fingerprint density at radius 1 is 1.26 bits per heavy atom. The molecule has 19 heavy (non-hydrogen) atoms. The molecule has 1 fully saturated rings. The highest BCUT2D eigenvalue weighted by molar-refractivity contribution is 6.44. The van der Waals surface area contributed by atoms with Crippen LogP contribution in [-0.2, 0) is 4.79 Å². The minimum Gasteiger partial charge on any atom is -0.324 e. The lowest BCUT2D eigenvalue weighted by atomic mass is 9.97. The van der Waals surface area contributed by atoms with Gasteiger partial charge in [-0.15, -0.1) is 0 Å². The number of hydrogen-bond acceptors (Lipinski definition) is 2. The lowest BCUT2D eigenvalue weighted by Crippen LogP contribution is -2.38. The molecule has 3 nitrogen and oxygen atoms in total. The monoisotopic (exact) mass is 320 g/mol.